The number of aromatic amines is 1. The van der Waals surface area contributed by atoms with Gasteiger partial charge in [-0.2, -0.15) is 0 Å². The Morgan fingerprint density at radius 2 is 2.06 bits per heavy atom. The first kappa shape index (κ1) is 13.1. The Morgan fingerprint density at radius 3 is 2.71 bits per heavy atom. The number of carbonyl (C=O) groups is 1. The second-order valence-corrected chi connectivity index (χ2v) is 3.50. The van der Waals surface area contributed by atoms with E-state index in [1.54, 1.807) is 6.20 Å². The van der Waals surface area contributed by atoms with Crippen LogP contribution >= 0.6 is 12.4 Å². The highest BCUT2D eigenvalue weighted by Crippen LogP contribution is 2.18. The summed E-state index contributed by atoms with van der Waals surface area (Å²) in [5.74, 6) is -0.555. The minimum absolute atomic E-state index is 0. The number of fused-ring (bicyclic) bond motifs is 1. The van der Waals surface area contributed by atoms with Gasteiger partial charge in [0, 0.05) is 24.1 Å². The van der Waals surface area contributed by atoms with Crippen LogP contribution in [0.25, 0.3) is 10.9 Å². The summed E-state index contributed by atoms with van der Waals surface area (Å²) < 4.78 is 0. The number of guanidine groups is 1. The normalized spacial score (nSPS) is 9.71. The standard InChI is InChI=1S/C11H12N4O.ClH/c1-15(11(12)13)10(16)8-6-14-9-5-3-2-4-7(8)9;/h2-6,14H,1H3,(H3,12,13);1H. The van der Waals surface area contributed by atoms with Gasteiger partial charge >= 0.3 is 0 Å². The predicted octanol–water partition coefficient (Wildman–Crippen LogP) is 1.56. The van der Waals surface area contributed by atoms with Gasteiger partial charge in [-0.05, 0) is 6.07 Å². The fourth-order valence-corrected chi connectivity index (χ4v) is 1.54. The molecule has 2 rings (SSSR count). The smallest absolute Gasteiger partial charge is 0.262 e. The Morgan fingerprint density at radius 1 is 1.41 bits per heavy atom. The number of nitrogens with zero attached hydrogens (tertiary/aromatic N) is 1. The Kier molecular flexibility index (Phi) is 3.75. The van der Waals surface area contributed by atoms with Gasteiger partial charge in [-0.15, -0.1) is 12.4 Å². The first-order valence-corrected chi connectivity index (χ1v) is 4.79. The second-order valence-electron chi connectivity index (χ2n) is 3.50. The van der Waals surface area contributed by atoms with Crippen LogP contribution in [0, 0.1) is 5.41 Å². The van der Waals surface area contributed by atoms with Crippen LogP contribution in [0.4, 0.5) is 0 Å². The van der Waals surface area contributed by atoms with E-state index < -0.39 is 0 Å². The van der Waals surface area contributed by atoms with Crippen LogP contribution in [0.2, 0.25) is 0 Å². The molecule has 0 bridgehead atoms. The molecule has 0 fully saturated rings. The molecule has 1 heterocycles. The summed E-state index contributed by atoms with van der Waals surface area (Å²) in [4.78, 5) is 16.1. The molecule has 0 spiro atoms. The zero-order valence-electron chi connectivity index (χ0n) is 9.23. The molecule has 0 aliphatic carbocycles. The highest BCUT2D eigenvalue weighted by atomic mass is 35.5. The number of H-pyrrole nitrogens is 1. The van der Waals surface area contributed by atoms with E-state index >= 15 is 0 Å². The Bertz CT molecular complexity index is 563. The van der Waals surface area contributed by atoms with Crippen LogP contribution in [-0.4, -0.2) is 28.8 Å². The maximum atomic E-state index is 11.9. The number of nitrogens with two attached hydrogens (primary N) is 1. The van der Waals surface area contributed by atoms with Crippen molar-refractivity contribution in [1.29, 1.82) is 5.41 Å². The zero-order chi connectivity index (χ0) is 11.7. The van der Waals surface area contributed by atoms with Gasteiger partial charge in [0.05, 0.1) is 5.56 Å². The van der Waals surface area contributed by atoms with Crippen LogP contribution in [0.3, 0.4) is 0 Å². The van der Waals surface area contributed by atoms with Gasteiger partial charge in [0.2, 0.25) is 0 Å². The fraction of sp³-hybridized carbons (Fsp3) is 0.0909. The van der Waals surface area contributed by atoms with Crippen molar-refractivity contribution < 1.29 is 4.79 Å². The summed E-state index contributed by atoms with van der Waals surface area (Å²) in [7, 11) is 1.48. The van der Waals surface area contributed by atoms with Crippen molar-refractivity contribution in [3.05, 3.63) is 36.0 Å². The Hall–Kier alpha value is -2.01. The number of hydrogen-bond acceptors (Lipinski definition) is 2. The van der Waals surface area contributed by atoms with Crippen LogP contribution in [0.1, 0.15) is 10.4 Å². The molecule has 4 N–H and O–H groups in total. The van der Waals surface area contributed by atoms with E-state index in [4.69, 9.17) is 11.1 Å². The lowest BCUT2D eigenvalue weighted by atomic mass is 10.1. The molecule has 0 saturated heterocycles. The average molecular weight is 253 g/mol. The van der Waals surface area contributed by atoms with E-state index in [-0.39, 0.29) is 24.3 Å². The topological polar surface area (TPSA) is 86.0 Å². The summed E-state index contributed by atoms with van der Waals surface area (Å²) >= 11 is 0. The highest BCUT2D eigenvalue weighted by Gasteiger charge is 2.17. The SMILES string of the molecule is CN(C(=N)N)C(=O)c1c[nH]c2ccccc12.Cl. The second kappa shape index (κ2) is 4.88. The van der Waals surface area contributed by atoms with Crippen LogP contribution in [0.15, 0.2) is 30.5 Å². The Labute approximate surface area is 105 Å². The molecule has 1 aromatic carbocycles. The van der Waals surface area contributed by atoms with E-state index in [9.17, 15) is 4.79 Å². The molecule has 17 heavy (non-hydrogen) atoms. The van der Waals surface area contributed by atoms with Crippen molar-refractivity contribution >= 4 is 35.2 Å². The molecule has 0 radical (unpaired) electrons. The molecule has 0 saturated carbocycles. The summed E-state index contributed by atoms with van der Waals surface area (Å²) in [5.41, 5.74) is 6.68. The highest BCUT2D eigenvalue weighted by molar-refractivity contribution is 6.11. The lowest BCUT2D eigenvalue weighted by Crippen LogP contribution is -2.37. The molecule has 0 aliphatic rings. The largest absolute Gasteiger partial charge is 0.370 e. The van der Waals surface area contributed by atoms with Gasteiger partial charge < -0.3 is 10.7 Å². The molecule has 5 nitrogen and oxygen atoms in total. The lowest BCUT2D eigenvalue weighted by Gasteiger charge is -2.13. The minimum Gasteiger partial charge on any atom is -0.370 e. The summed E-state index contributed by atoms with van der Waals surface area (Å²) in [6.07, 6.45) is 1.63. The van der Waals surface area contributed by atoms with Crippen molar-refractivity contribution in [2.24, 2.45) is 5.73 Å². The minimum atomic E-state index is -0.287. The summed E-state index contributed by atoms with van der Waals surface area (Å²) in [6, 6.07) is 7.50. The first-order valence-electron chi connectivity index (χ1n) is 4.79. The number of benzene rings is 1. The van der Waals surface area contributed by atoms with Crippen molar-refractivity contribution in [3.63, 3.8) is 0 Å². The van der Waals surface area contributed by atoms with Gasteiger partial charge in [-0.25, -0.2) is 0 Å². The zero-order valence-corrected chi connectivity index (χ0v) is 10.0. The van der Waals surface area contributed by atoms with Crippen molar-refractivity contribution in [2.75, 3.05) is 7.05 Å². The molecular formula is C11H13ClN4O. The molecule has 0 unspecified atom stereocenters. The molecule has 6 heteroatoms. The van der Waals surface area contributed by atoms with E-state index in [0.29, 0.717) is 5.56 Å². The quantitative estimate of drug-likeness (QED) is 0.531. The molecule has 0 atom stereocenters. The molecule has 90 valence electrons. The number of rotatable bonds is 1. The van der Waals surface area contributed by atoms with Gasteiger partial charge in [-0.3, -0.25) is 15.1 Å². The monoisotopic (exact) mass is 252 g/mol. The van der Waals surface area contributed by atoms with E-state index in [2.05, 4.69) is 4.98 Å². The number of nitrogens with one attached hydrogen (secondary N) is 2. The van der Waals surface area contributed by atoms with Crippen molar-refractivity contribution in [2.45, 2.75) is 0 Å². The average Bonchev–Trinajstić information content (AvgIpc) is 2.70. The number of carbonyl (C=O) groups excluding carboxylic acids is 1. The summed E-state index contributed by atoms with van der Waals surface area (Å²) in [6.45, 7) is 0. The van der Waals surface area contributed by atoms with Crippen LogP contribution < -0.4 is 5.73 Å². The third-order valence-electron chi connectivity index (χ3n) is 2.49. The van der Waals surface area contributed by atoms with E-state index in [1.807, 2.05) is 24.3 Å². The van der Waals surface area contributed by atoms with Crippen molar-refractivity contribution in [1.82, 2.24) is 9.88 Å². The number of hydrogen-bond donors (Lipinski definition) is 3. The number of para-hydroxylation sites is 1. The van der Waals surface area contributed by atoms with Gasteiger partial charge in [0.25, 0.3) is 5.91 Å². The van der Waals surface area contributed by atoms with Crippen LogP contribution in [-0.2, 0) is 0 Å². The van der Waals surface area contributed by atoms with Gasteiger partial charge in [-0.1, -0.05) is 18.2 Å². The number of halogens is 1. The van der Waals surface area contributed by atoms with Crippen LogP contribution in [0.5, 0.6) is 0 Å². The maximum Gasteiger partial charge on any atom is 0.262 e. The lowest BCUT2D eigenvalue weighted by molar-refractivity contribution is 0.0871. The maximum absolute atomic E-state index is 11.9. The molecule has 1 amide bonds. The Balaban J connectivity index is 0.00000144. The third-order valence-corrected chi connectivity index (χ3v) is 2.49. The van der Waals surface area contributed by atoms with Crippen molar-refractivity contribution in [3.8, 4) is 0 Å². The van der Waals surface area contributed by atoms with E-state index in [0.717, 1.165) is 15.8 Å². The molecular weight excluding hydrogens is 240 g/mol. The number of amides is 1. The molecule has 1 aromatic heterocycles. The first-order chi connectivity index (χ1) is 7.61. The predicted molar refractivity (Wildman–Crippen MR) is 69.6 cm³/mol. The summed E-state index contributed by atoms with van der Waals surface area (Å²) in [5, 5.41) is 8.05. The fourth-order valence-electron chi connectivity index (χ4n) is 1.54. The molecule has 0 aliphatic heterocycles. The molecule has 2 aromatic rings. The van der Waals surface area contributed by atoms with Gasteiger partial charge in [0.15, 0.2) is 5.96 Å². The van der Waals surface area contributed by atoms with E-state index in [1.165, 1.54) is 7.05 Å². The van der Waals surface area contributed by atoms with Gasteiger partial charge in [0.1, 0.15) is 0 Å². The number of aromatic nitrogens is 1. The third kappa shape index (κ3) is 2.24.